The molecule has 1 unspecified atom stereocenters. The van der Waals surface area contributed by atoms with Gasteiger partial charge in [0.15, 0.2) is 0 Å². The van der Waals surface area contributed by atoms with E-state index in [1.165, 1.54) is 18.4 Å². The average Bonchev–Trinajstić information content (AvgIpc) is 2.29. The Hall–Kier alpha value is -0.860. The second kappa shape index (κ2) is 7.42. The Morgan fingerprint density at radius 3 is 2.44 bits per heavy atom. The number of nitrogens with one attached hydrogen (secondary N) is 1. The summed E-state index contributed by atoms with van der Waals surface area (Å²) in [6, 6.07) is 10.6. The minimum Gasteiger partial charge on any atom is -0.392 e. The molecule has 0 saturated carbocycles. The lowest BCUT2D eigenvalue weighted by Crippen LogP contribution is -2.28. The van der Waals surface area contributed by atoms with Crippen molar-refractivity contribution in [2.45, 2.75) is 38.7 Å². The summed E-state index contributed by atoms with van der Waals surface area (Å²) in [4.78, 5) is 0. The van der Waals surface area contributed by atoms with Gasteiger partial charge in [0, 0.05) is 13.1 Å². The molecule has 2 atom stereocenters. The lowest BCUT2D eigenvalue weighted by Gasteiger charge is -2.18. The monoisotopic (exact) mass is 221 g/mol. The Bertz CT molecular complexity index is 271. The van der Waals surface area contributed by atoms with Crippen LogP contribution in [0.2, 0.25) is 0 Å². The first kappa shape index (κ1) is 13.2. The van der Waals surface area contributed by atoms with Gasteiger partial charge < -0.3 is 10.4 Å². The average molecular weight is 221 g/mol. The van der Waals surface area contributed by atoms with Gasteiger partial charge in [0.25, 0.3) is 0 Å². The van der Waals surface area contributed by atoms with E-state index in [4.69, 9.17) is 0 Å². The van der Waals surface area contributed by atoms with E-state index in [1.54, 1.807) is 0 Å². The zero-order valence-corrected chi connectivity index (χ0v) is 10.3. The maximum atomic E-state index is 9.20. The third-order valence-corrected chi connectivity index (χ3v) is 2.74. The van der Waals surface area contributed by atoms with Gasteiger partial charge in [-0.05, 0) is 24.8 Å². The molecule has 0 aromatic heterocycles. The second-order valence-corrected chi connectivity index (χ2v) is 4.40. The smallest absolute Gasteiger partial charge is 0.0636 e. The molecule has 0 heterocycles. The first-order valence-electron chi connectivity index (χ1n) is 6.17. The molecule has 0 aliphatic rings. The lowest BCUT2D eigenvalue weighted by atomic mass is 9.94. The summed E-state index contributed by atoms with van der Waals surface area (Å²) in [6.45, 7) is 5.64. The van der Waals surface area contributed by atoms with Gasteiger partial charge in [-0.1, -0.05) is 43.7 Å². The minimum atomic E-state index is -0.266. The Morgan fingerprint density at radius 2 is 1.88 bits per heavy atom. The van der Waals surface area contributed by atoms with Crippen LogP contribution in [0.15, 0.2) is 30.3 Å². The van der Waals surface area contributed by atoms with Crippen LogP contribution in [-0.2, 0) is 0 Å². The Kier molecular flexibility index (Phi) is 6.12. The van der Waals surface area contributed by atoms with Gasteiger partial charge in [0.05, 0.1) is 6.10 Å². The molecule has 1 aromatic carbocycles. The molecule has 0 aliphatic heterocycles. The van der Waals surface area contributed by atoms with Crippen molar-refractivity contribution in [2.24, 2.45) is 0 Å². The van der Waals surface area contributed by atoms with E-state index in [0.29, 0.717) is 12.5 Å². The number of aliphatic hydroxyl groups excluding tert-OH is 1. The van der Waals surface area contributed by atoms with Crippen molar-refractivity contribution in [2.75, 3.05) is 13.1 Å². The first-order valence-corrected chi connectivity index (χ1v) is 6.17. The lowest BCUT2D eigenvalue weighted by molar-refractivity contribution is 0.190. The van der Waals surface area contributed by atoms with Gasteiger partial charge in [0.2, 0.25) is 0 Å². The highest BCUT2D eigenvalue weighted by Crippen LogP contribution is 2.19. The maximum absolute atomic E-state index is 9.20. The number of rotatable bonds is 7. The van der Waals surface area contributed by atoms with Crippen molar-refractivity contribution >= 4 is 0 Å². The van der Waals surface area contributed by atoms with Crippen LogP contribution >= 0.6 is 0 Å². The van der Waals surface area contributed by atoms with E-state index in [2.05, 4.69) is 42.6 Å². The minimum absolute atomic E-state index is 0.266. The van der Waals surface area contributed by atoms with Crippen molar-refractivity contribution in [1.29, 1.82) is 0 Å². The van der Waals surface area contributed by atoms with Crippen molar-refractivity contribution in [3.05, 3.63) is 35.9 Å². The summed E-state index contributed by atoms with van der Waals surface area (Å²) in [5, 5.41) is 12.5. The SMILES string of the molecule is CCCC(CNC[C@@H](C)O)c1ccccc1. The van der Waals surface area contributed by atoms with E-state index in [9.17, 15) is 5.11 Å². The Labute approximate surface area is 98.7 Å². The van der Waals surface area contributed by atoms with E-state index >= 15 is 0 Å². The van der Waals surface area contributed by atoms with Crippen LogP contribution in [0.4, 0.5) is 0 Å². The van der Waals surface area contributed by atoms with Crippen LogP contribution in [0.3, 0.4) is 0 Å². The molecule has 0 spiro atoms. The topological polar surface area (TPSA) is 32.3 Å². The molecule has 1 rings (SSSR count). The third-order valence-electron chi connectivity index (χ3n) is 2.74. The highest BCUT2D eigenvalue weighted by molar-refractivity contribution is 5.19. The Balaban J connectivity index is 2.48. The van der Waals surface area contributed by atoms with Gasteiger partial charge in [0.1, 0.15) is 0 Å². The zero-order chi connectivity index (χ0) is 11.8. The second-order valence-electron chi connectivity index (χ2n) is 4.40. The van der Waals surface area contributed by atoms with Gasteiger partial charge in [-0.25, -0.2) is 0 Å². The standard InChI is InChI=1S/C14H23NO/c1-3-7-14(11-15-10-12(2)16)13-8-5-4-6-9-13/h4-6,8-9,12,14-16H,3,7,10-11H2,1-2H3/t12-,14?/m1/s1. The van der Waals surface area contributed by atoms with E-state index in [1.807, 2.05) is 6.92 Å². The van der Waals surface area contributed by atoms with E-state index in [0.717, 1.165) is 6.54 Å². The largest absolute Gasteiger partial charge is 0.392 e. The molecule has 0 saturated heterocycles. The van der Waals surface area contributed by atoms with E-state index < -0.39 is 0 Å². The molecule has 90 valence electrons. The summed E-state index contributed by atoms with van der Waals surface area (Å²) in [5.41, 5.74) is 1.39. The molecule has 2 nitrogen and oxygen atoms in total. The summed E-state index contributed by atoms with van der Waals surface area (Å²) in [6.07, 6.45) is 2.12. The van der Waals surface area contributed by atoms with Crippen LogP contribution < -0.4 is 5.32 Å². The Morgan fingerprint density at radius 1 is 1.19 bits per heavy atom. The van der Waals surface area contributed by atoms with Crippen molar-refractivity contribution in [1.82, 2.24) is 5.32 Å². The maximum Gasteiger partial charge on any atom is 0.0636 e. The van der Waals surface area contributed by atoms with Gasteiger partial charge in [-0.3, -0.25) is 0 Å². The number of aliphatic hydroxyl groups is 1. The molecule has 0 bridgehead atoms. The molecule has 2 N–H and O–H groups in total. The molecule has 0 radical (unpaired) electrons. The van der Waals surface area contributed by atoms with Crippen LogP contribution in [-0.4, -0.2) is 24.3 Å². The highest BCUT2D eigenvalue weighted by atomic mass is 16.3. The summed E-state index contributed by atoms with van der Waals surface area (Å²) in [7, 11) is 0. The zero-order valence-electron chi connectivity index (χ0n) is 10.3. The summed E-state index contributed by atoms with van der Waals surface area (Å²) >= 11 is 0. The molecular formula is C14H23NO. The van der Waals surface area contributed by atoms with Gasteiger partial charge in [-0.2, -0.15) is 0 Å². The molecule has 16 heavy (non-hydrogen) atoms. The predicted molar refractivity (Wildman–Crippen MR) is 68.6 cm³/mol. The van der Waals surface area contributed by atoms with Crippen LogP contribution in [0.1, 0.15) is 38.2 Å². The van der Waals surface area contributed by atoms with Crippen LogP contribution in [0, 0.1) is 0 Å². The molecular weight excluding hydrogens is 198 g/mol. The van der Waals surface area contributed by atoms with Crippen molar-refractivity contribution < 1.29 is 5.11 Å². The highest BCUT2D eigenvalue weighted by Gasteiger charge is 2.09. The van der Waals surface area contributed by atoms with Crippen LogP contribution in [0.5, 0.6) is 0 Å². The summed E-state index contributed by atoms with van der Waals surface area (Å²) in [5.74, 6) is 0.560. The first-order chi connectivity index (χ1) is 7.74. The fourth-order valence-electron chi connectivity index (χ4n) is 1.93. The normalized spacial score (nSPS) is 14.7. The fourth-order valence-corrected chi connectivity index (χ4v) is 1.93. The van der Waals surface area contributed by atoms with Crippen LogP contribution in [0.25, 0.3) is 0 Å². The molecule has 2 heteroatoms. The predicted octanol–water partition coefficient (Wildman–Crippen LogP) is 2.54. The molecule has 0 aliphatic carbocycles. The van der Waals surface area contributed by atoms with Crippen molar-refractivity contribution in [3.63, 3.8) is 0 Å². The fraction of sp³-hybridized carbons (Fsp3) is 0.571. The number of hydrogen-bond acceptors (Lipinski definition) is 2. The molecule has 0 fully saturated rings. The number of benzene rings is 1. The third kappa shape index (κ3) is 4.77. The molecule has 0 amide bonds. The quantitative estimate of drug-likeness (QED) is 0.741. The van der Waals surface area contributed by atoms with Gasteiger partial charge in [-0.15, -0.1) is 0 Å². The van der Waals surface area contributed by atoms with Gasteiger partial charge >= 0.3 is 0 Å². The summed E-state index contributed by atoms with van der Waals surface area (Å²) < 4.78 is 0. The van der Waals surface area contributed by atoms with Crippen molar-refractivity contribution in [3.8, 4) is 0 Å². The number of hydrogen-bond donors (Lipinski definition) is 2. The van der Waals surface area contributed by atoms with E-state index in [-0.39, 0.29) is 6.10 Å². The molecule has 1 aromatic rings.